The Bertz CT molecular complexity index is 1080. The number of thiazole rings is 1. The molecule has 6 heteroatoms. The van der Waals surface area contributed by atoms with Crippen molar-refractivity contribution in [3.05, 3.63) is 70.7 Å². The molecule has 0 amide bonds. The van der Waals surface area contributed by atoms with Crippen molar-refractivity contribution in [2.45, 2.75) is 38.2 Å². The van der Waals surface area contributed by atoms with E-state index in [1.165, 1.54) is 16.7 Å². The molecule has 2 aromatic carbocycles. The molecule has 0 N–H and O–H groups in total. The second-order valence-corrected chi connectivity index (χ2v) is 8.52. The predicted molar refractivity (Wildman–Crippen MR) is 118 cm³/mol. The fraction of sp³-hybridized carbons (Fsp3) is 0.227. The molecule has 0 atom stereocenters. The Hall–Kier alpha value is -2.44. The minimum Gasteiger partial charge on any atom is -0.302 e. The van der Waals surface area contributed by atoms with Crippen molar-refractivity contribution in [2.75, 3.05) is 0 Å². The second-order valence-electron chi connectivity index (χ2n) is 6.72. The van der Waals surface area contributed by atoms with Gasteiger partial charge in [0.25, 0.3) is 0 Å². The Balaban J connectivity index is 1.50. The molecule has 0 saturated carbocycles. The molecule has 4 nitrogen and oxygen atoms in total. The lowest BCUT2D eigenvalue weighted by Gasteiger charge is -2.07. The number of thioether (sulfide) groups is 1. The molecular weight excluding hydrogens is 384 g/mol. The third-order valence-electron chi connectivity index (χ3n) is 4.51. The number of nitrogens with zero attached hydrogens (tertiary/aromatic N) is 4. The molecule has 0 fully saturated rings. The zero-order valence-corrected chi connectivity index (χ0v) is 17.8. The number of rotatable bonds is 6. The van der Waals surface area contributed by atoms with Gasteiger partial charge in [0, 0.05) is 28.8 Å². The van der Waals surface area contributed by atoms with E-state index in [4.69, 9.17) is 4.98 Å². The van der Waals surface area contributed by atoms with Crippen LogP contribution in [0, 0.1) is 13.8 Å². The van der Waals surface area contributed by atoms with Gasteiger partial charge in [0.2, 0.25) is 0 Å². The van der Waals surface area contributed by atoms with Gasteiger partial charge in [-0.05, 0) is 26.8 Å². The highest BCUT2D eigenvalue weighted by atomic mass is 32.2. The number of hydrogen-bond donors (Lipinski definition) is 0. The van der Waals surface area contributed by atoms with Crippen molar-refractivity contribution in [1.82, 2.24) is 19.7 Å². The summed E-state index contributed by atoms with van der Waals surface area (Å²) in [6, 6.07) is 16.9. The van der Waals surface area contributed by atoms with Crippen LogP contribution in [0.15, 0.2) is 59.1 Å². The highest BCUT2D eigenvalue weighted by Crippen LogP contribution is 2.29. The molecule has 2 heterocycles. The smallest absolute Gasteiger partial charge is 0.191 e. The maximum atomic E-state index is 4.81. The zero-order valence-electron chi connectivity index (χ0n) is 16.2. The van der Waals surface area contributed by atoms with Crippen molar-refractivity contribution < 1.29 is 0 Å². The quantitative estimate of drug-likeness (QED) is 0.369. The Morgan fingerprint density at radius 2 is 1.79 bits per heavy atom. The van der Waals surface area contributed by atoms with Gasteiger partial charge in [0.1, 0.15) is 5.01 Å². The standard InChI is InChI=1S/C22H22N4S2/c1-4-26-20(17-10-8-15(2)9-11-17)24-25-22(26)28-14-19-13-27-21(23-19)18-7-5-6-16(3)12-18/h5-13H,4,14H2,1-3H3. The van der Waals surface area contributed by atoms with Gasteiger partial charge in [0.15, 0.2) is 11.0 Å². The Morgan fingerprint density at radius 3 is 2.54 bits per heavy atom. The zero-order chi connectivity index (χ0) is 19.5. The first-order chi connectivity index (χ1) is 13.6. The van der Waals surface area contributed by atoms with E-state index in [0.717, 1.165) is 39.5 Å². The normalized spacial score (nSPS) is 11.1. The van der Waals surface area contributed by atoms with E-state index < -0.39 is 0 Å². The van der Waals surface area contributed by atoms with E-state index in [2.05, 4.69) is 89.4 Å². The minimum atomic E-state index is 0.786. The highest BCUT2D eigenvalue weighted by Gasteiger charge is 2.14. The van der Waals surface area contributed by atoms with E-state index in [0.29, 0.717) is 0 Å². The van der Waals surface area contributed by atoms with E-state index in [-0.39, 0.29) is 0 Å². The molecule has 2 aromatic heterocycles. The Morgan fingerprint density at radius 1 is 0.964 bits per heavy atom. The molecule has 0 saturated heterocycles. The first-order valence-corrected chi connectivity index (χ1v) is 11.1. The van der Waals surface area contributed by atoms with Gasteiger partial charge in [0.05, 0.1) is 5.69 Å². The SMILES string of the molecule is CCn1c(SCc2csc(-c3cccc(C)c3)n2)nnc1-c1ccc(C)cc1. The third-order valence-corrected chi connectivity index (χ3v) is 6.45. The molecule has 4 rings (SSSR count). The van der Waals surface area contributed by atoms with Crippen LogP contribution in [-0.4, -0.2) is 19.7 Å². The molecule has 0 aliphatic carbocycles. The van der Waals surface area contributed by atoms with Crippen molar-refractivity contribution >= 4 is 23.1 Å². The van der Waals surface area contributed by atoms with Crippen molar-refractivity contribution in [2.24, 2.45) is 0 Å². The summed E-state index contributed by atoms with van der Waals surface area (Å²) < 4.78 is 2.17. The summed E-state index contributed by atoms with van der Waals surface area (Å²) in [6.07, 6.45) is 0. The van der Waals surface area contributed by atoms with Crippen molar-refractivity contribution in [3.8, 4) is 22.0 Å². The Labute approximate surface area is 173 Å². The van der Waals surface area contributed by atoms with Crippen LogP contribution < -0.4 is 0 Å². The number of aromatic nitrogens is 4. The summed E-state index contributed by atoms with van der Waals surface area (Å²) in [4.78, 5) is 4.81. The first-order valence-electron chi connectivity index (χ1n) is 9.28. The lowest BCUT2D eigenvalue weighted by atomic mass is 10.1. The monoisotopic (exact) mass is 406 g/mol. The molecule has 0 unspecified atom stereocenters. The molecule has 4 aromatic rings. The van der Waals surface area contributed by atoms with Gasteiger partial charge in [-0.25, -0.2) is 4.98 Å². The molecule has 0 aliphatic heterocycles. The fourth-order valence-corrected chi connectivity index (χ4v) is 4.84. The fourth-order valence-electron chi connectivity index (χ4n) is 3.02. The molecule has 0 radical (unpaired) electrons. The van der Waals surface area contributed by atoms with Crippen molar-refractivity contribution in [1.29, 1.82) is 0 Å². The van der Waals surface area contributed by atoms with Crippen LogP contribution in [0.2, 0.25) is 0 Å². The molecular formula is C22H22N4S2. The summed E-state index contributed by atoms with van der Waals surface area (Å²) in [5.41, 5.74) is 5.85. The van der Waals surface area contributed by atoms with Gasteiger partial charge in [-0.1, -0.05) is 65.4 Å². The highest BCUT2D eigenvalue weighted by molar-refractivity contribution is 7.98. The second kappa shape index (κ2) is 8.29. The molecule has 0 spiro atoms. The van der Waals surface area contributed by atoms with E-state index >= 15 is 0 Å². The number of aryl methyl sites for hydroxylation is 2. The molecule has 0 aliphatic rings. The van der Waals surface area contributed by atoms with Crippen molar-refractivity contribution in [3.63, 3.8) is 0 Å². The van der Waals surface area contributed by atoms with Gasteiger partial charge >= 0.3 is 0 Å². The van der Waals surface area contributed by atoms with Crippen LogP contribution in [-0.2, 0) is 12.3 Å². The first kappa shape index (κ1) is 18.9. The lowest BCUT2D eigenvalue weighted by Crippen LogP contribution is -2.00. The van der Waals surface area contributed by atoms with Crippen LogP contribution in [0.1, 0.15) is 23.7 Å². The van der Waals surface area contributed by atoms with Crippen LogP contribution in [0.5, 0.6) is 0 Å². The van der Waals surface area contributed by atoms with Gasteiger partial charge in [-0.2, -0.15) is 0 Å². The molecule has 28 heavy (non-hydrogen) atoms. The summed E-state index contributed by atoms with van der Waals surface area (Å²) in [7, 11) is 0. The van der Waals surface area contributed by atoms with Gasteiger partial charge in [-0.3, -0.25) is 0 Å². The number of hydrogen-bond acceptors (Lipinski definition) is 5. The van der Waals surface area contributed by atoms with Crippen LogP contribution in [0.3, 0.4) is 0 Å². The van der Waals surface area contributed by atoms with Crippen LogP contribution in [0.4, 0.5) is 0 Å². The summed E-state index contributed by atoms with van der Waals surface area (Å²) >= 11 is 3.38. The minimum absolute atomic E-state index is 0.786. The summed E-state index contributed by atoms with van der Waals surface area (Å²) in [5.74, 6) is 1.71. The van der Waals surface area contributed by atoms with Gasteiger partial charge in [-0.15, -0.1) is 21.5 Å². The van der Waals surface area contributed by atoms with E-state index in [1.807, 2.05) is 0 Å². The average Bonchev–Trinajstić information content (AvgIpc) is 3.34. The van der Waals surface area contributed by atoms with Crippen LogP contribution >= 0.6 is 23.1 Å². The van der Waals surface area contributed by atoms with Crippen LogP contribution in [0.25, 0.3) is 22.0 Å². The third kappa shape index (κ3) is 4.03. The summed E-state index contributed by atoms with van der Waals surface area (Å²) in [5, 5.41) is 13.0. The maximum absolute atomic E-state index is 4.81. The maximum Gasteiger partial charge on any atom is 0.191 e. The average molecular weight is 407 g/mol. The predicted octanol–water partition coefficient (Wildman–Crippen LogP) is 6.00. The topological polar surface area (TPSA) is 43.6 Å². The Kier molecular flexibility index (Phi) is 5.59. The van der Waals surface area contributed by atoms with E-state index in [9.17, 15) is 0 Å². The largest absolute Gasteiger partial charge is 0.302 e. The molecule has 142 valence electrons. The summed E-state index contributed by atoms with van der Waals surface area (Å²) in [6.45, 7) is 7.17. The number of benzene rings is 2. The van der Waals surface area contributed by atoms with Gasteiger partial charge < -0.3 is 4.57 Å². The van der Waals surface area contributed by atoms with E-state index in [1.54, 1.807) is 23.1 Å². The lowest BCUT2D eigenvalue weighted by molar-refractivity contribution is 0.687. The molecule has 0 bridgehead atoms.